The number of ether oxygens (including phenoxy) is 4. The predicted octanol–water partition coefficient (Wildman–Crippen LogP) is 3.10. The number of rotatable bonds is 7. The Morgan fingerprint density at radius 3 is 2.35 bits per heavy atom. The topological polar surface area (TPSA) is 113 Å². The number of amides is 1. The van der Waals surface area contributed by atoms with Crippen LogP contribution in [0, 0.1) is 5.92 Å². The number of esters is 1. The maximum Gasteiger partial charge on any atom is 0.317 e. The molecule has 9 heteroatoms. The average Bonchev–Trinajstić information content (AvgIpc) is 3.37. The molecule has 0 radical (unpaired) electrons. The molecule has 34 heavy (non-hydrogen) atoms. The van der Waals surface area contributed by atoms with Crippen molar-refractivity contribution < 1.29 is 37.7 Å². The molecule has 1 N–H and O–H groups in total. The SMILES string of the molecule is CCOC(=O)[C@@H]1C(=O)C2=C(C[C@H]1c1ccco1)NC(=O)C[C@@H]2c1cc(OC)c(OC)c(OC)c1. The first-order valence-electron chi connectivity index (χ1n) is 11.0. The number of allylic oxidation sites excluding steroid dienone is 2. The molecule has 0 fully saturated rings. The minimum Gasteiger partial charge on any atom is -0.493 e. The van der Waals surface area contributed by atoms with Crippen LogP contribution in [0.5, 0.6) is 17.2 Å². The molecule has 2 aliphatic rings. The first kappa shape index (κ1) is 23.4. The maximum atomic E-state index is 13.9. The van der Waals surface area contributed by atoms with Crippen LogP contribution in [-0.4, -0.2) is 45.6 Å². The fourth-order valence-electron chi connectivity index (χ4n) is 4.81. The van der Waals surface area contributed by atoms with Crippen molar-refractivity contribution in [3.8, 4) is 17.2 Å². The summed E-state index contributed by atoms with van der Waals surface area (Å²) in [6.45, 7) is 1.84. The highest BCUT2D eigenvalue weighted by molar-refractivity contribution is 6.12. The molecular weight excluding hydrogens is 442 g/mol. The van der Waals surface area contributed by atoms with Gasteiger partial charge in [-0.1, -0.05) is 0 Å². The Labute approximate surface area is 197 Å². The summed E-state index contributed by atoms with van der Waals surface area (Å²) in [6.07, 6.45) is 1.78. The molecule has 1 aromatic heterocycles. The van der Waals surface area contributed by atoms with E-state index in [9.17, 15) is 14.4 Å². The number of hydrogen-bond acceptors (Lipinski definition) is 8. The summed E-state index contributed by atoms with van der Waals surface area (Å²) >= 11 is 0. The third kappa shape index (κ3) is 4.02. The summed E-state index contributed by atoms with van der Waals surface area (Å²) in [5.41, 5.74) is 1.51. The summed E-state index contributed by atoms with van der Waals surface area (Å²) in [7, 11) is 4.49. The van der Waals surface area contributed by atoms with Gasteiger partial charge in [-0.05, 0) is 43.2 Å². The highest BCUT2D eigenvalue weighted by atomic mass is 16.5. The van der Waals surface area contributed by atoms with Gasteiger partial charge in [0.15, 0.2) is 17.3 Å². The molecule has 2 heterocycles. The number of carbonyl (C=O) groups is 3. The molecule has 3 atom stereocenters. The molecule has 4 rings (SSSR count). The van der Waals surface area contributed by atoms with Crippen LogP contribution in [0.4, 0.5) is 0 Å². The first-order valence-corrected chi connectivity index (χ1v) is 11.0. The standard InChI is InChI=1S/C25H27NO8/c1-5-33-25(29)22-15(17-7-6-8-34-17)11-16-21(23(22)28)14(12-20(27)26-16)13-9-18(30-2)24(32-4)19(10-13)31-3/h6-10,14-15,22H,5,11-12H2,1-4H3,(H,26,27)/t14-,15+,22+/m1/s1. The van der Waals surface area contributed by atoms with Crippen molar-refractivity contribution in [2.75, 3.05) is 27.9 Å². The molecular formula is C25H27NO8. The lowest BCUT2D eigenvalue weighted by atomic mass is 9.69. The van der Waals surface area contributed by atoms with Crippen LogP contribution in [0.2, 0.25) is 0 Å². The van der Waals surface area contributed by atoms with Crippen molar-refractivity contribution in [2.45, 2.75) is 31.6 Å². The molecule has 1 aromatic carbocycles. The predicted molar refractivity (Wildman–Crippen MR) is 120 cm³/mol. The summed E-state index contributed by atoms with van der Waals surface area (Å²) in [5.74, 6) is -1.78. The van der Waals surface area contributed by atoms with Crippen molar-refractivity contribution in [1.29, 1.82) is 0 Å². The third-order valence-corrected chi connectivity index (χ3v) is 6.27. The van der Waals surface area contributed by atoms with Crippen LogP contribution >= 0.6 is 0 Å². The first-order chi connectivity index (χ1) is 16.4. The fourth-order valence-corrected chi connectivity index (χ4v) is 4.81. The Morgan fingerprint density at radius 1 is 1.09 bits per heavy atom. The normalized spacial score (nSPS) is 22.1. The quantitative estimate of drug-likeness (QED) is 0.486. The number of benzene rings is 1. The third-order valence-electron chi connectivity index (χ3n) is 6.27. The van der Waals surface area contributed by atoms with E-state index in [0.29, 0.717) is 39.8 Å². The zero-order valence-corrected chi connectivity index (χ0v) is 19.5. The zero-order chi connectivity index (χ0) is 24.4. The van der Waals surface area contributed by atoms with Crippen molar-refractivity contribution in [3.05, 3.63) is 53.1 Å². The monoisotopic (exact) mass is 469 g/mol. The molecule has 1 aliphatic heterocycles. The van der Waals surface area contributed by atoms with Crippen molar-refractivity contribution in [2.24, 2.45) is 5.92 Å². The molecule has 1 amide bonds. The second-order valence-corrected chi connectivity index (χ2v) is 8.08. The number of carbonyl (C=O) groups excluding carboxylic acids is 3. The molecule has 9 nitrogen and oxygen atoms in total. The Hall–Kier alpha value is -3.75. The Morgan fingerprint density at radius 2 is 1.79 bits per heavy atom. The lowest BCUT2D eigenvalue weighted by Gasteiger charge is -2.37. The Kier molecular flexibility index (Phi) is 6.63. The number of ketones is 1. The largest absolute Gasteiger partial charge is 0.493 e. The smallest absolute Gasteiger partial charge is 0.317 e. The van der Waals surface area contributed by atoms with Crippen LogP contribution < -0.4 is 19.5 Å². The molecule has 0 saturated heterocycles. The Balaban J connectivity index is 1.85. The maximum absolute atomic E-state index is 13.9. The van der Waals surface area contributed by atoms with Gasteiger partial charge in [0.1, 0.15) is 11.7 Å². The van der Waals surface area contributed by atoms with Crippen LogP contribution in [0.1, 0.15) is 42.9 Å². The van der Waals surface area contributed by atoms with Gasteiger partial charge in [-0.25, -0.2) is 0 Å². The molecule has 0 spiro atoms. The molecule has 180 valence electrons. The average molecular weight is 469 g/mol. The number of hydrogen-bond donors (Lipinski definition) is 1. The van der Waals surface area contributed by atoms with E-state index in [-0.39, 0.29) is 31.1 Å². The van der Waals surface area contributed by atoms with Gasteiger partial charge in [-0.2, -0.15) is 0 Å². The van der Waals surface area contributed by atoms with E-state index >= 15 is 0 Å². The van der Waals surface area contributed by atoms with Gasteiger partial charge in [0.2, 0.25) is 11.7 Å². The molecule has 0 saturated carbocycles. The number of methoxy groups -OCH3 is 3. The summed E-state index contributed by atoms with van der Waals surface area (Å²) in [4.78, 5) is 39.5. The highest BCUT2D eigenvalue weighted by Crippen LogP contribution is 2.48. The lowest BCUT2D eigenvalue weighted by Crippen LogP contribution is -2.44. The van der Waals surface area contributed by atoms with E-state index in [2.05, 4.69) is 5.32 Å². The van der Waals surface area contributed by atoms with Crippen molar-refractivity contribution in [1.82, 2.24) is 5.32 Å². The molecule has 0 unspecified atom stereocenters. The van der Waals surface area contributed by atoms with E-state index in [0.717, 1.165) is 0 Å². The van der Waals surface area contributed by atoms with Crippen molar-refractivity contribution in [3.63, 3.8) is 0 Å². The van der Waals surface area contributed by atoms with E-state index in [4.69, 9.17) is 23.4 Å². The van der Waals surface area contributed by atoms with E-state index in [1.165, 1.54) is 27.6 Å². The van der Waals surface area contributed by atoms with Gasteiger partial charge >= 0.3 is 5.97 Å². The summed E-state index contributed by atoms with van der Waals surface area (Å²) in [5, 5.41) is 2.85. The lowest BCUT2D eigenvalue weighted by molar-refractivity contribution is -0.152. The summed E-state index contributed by atoms with van der Waals surface area (Å²) in [6, 6.07) is 6.86. The molecule has 0 bridgehead atoms. The van der Waals surface area contributed by atoms with E-state index < -0.39 is 23.7 Å². The number of nitrogens with one attached hydrogen (secondary N) is 1. The molecule has 1 aliphatic carbocycles. The van der Waals surface area contributed by atoms with Gasteiger partial charge in [0, 0.05) is 29.5 Å². The Bertz CT molecular complexity index is 1110. The van der Waals surface area contributed by atoms with E-state index in [1.807, 2.05) is 0 Å². The van der Waals surface area contributed by atoms with Crippen LogP contribution in [0.3, 0.4) is 0 Å². The van der Waals surface area contributed by atoms with Gasteiger partial charge in [0.25, 0.3) is 0 Å². The fraction of sp³-hybridized carbons (Fsp3) is 0.400. The van der Waals surface area contributed by atoms with Crippen molar-refractivity contribution >= 4 is 17.7 Å². The second kappa shape index (κ2) is 9.62. The zero-order valence-electron chi connectivity index (χ0n) is 19.5. The molecule has 2 aromatic rings. The second-order valence-electron chi connectivity index (χ2n) is 8.08. The van der Waals surface area contributed by atoms with Crippen LogP contribution in [-0.2, 0) is 19.1 Å². The van der Waals surface area contributed by atoms with Crippen LogP contribution in [0.15, 0.2) is 46.2 Å². The number of furan rings is 1. The minimum atomic E-state index is -1.08. The van der Waals surface area contributed by atoms with Gasteiger partial charge < -0.3 is 28.7 Å². The number of Topliss-reactive ketones (excluding diaryl/α,β-unsaturated/α-hetero) is 1. The van der Waals surface area contributed by atoms with Gasteiger partial charge in [-0.15, -0.1) is 0 Å². The van der Waals surface area contributed by atoms with E-state index in [1.54, 1.807) is 31.2 Å². The van der Waals surface area contributed by atoms with Gasteiger partial charge in [-0.3, -0.25) is 14.4 Å². The van der Waals surface area contributed by atoms with Gasteiger partial charge in [0.05, 0.1) is 34.2 Å². The summed E-state index contributed by atoms with van der Waals surface area (Å²) < 4.78 is 27.1. The minimum absolute atomic E-state index is 0.0319. The van der Waals surface area contributed by atoms with Crippen LogP contribution in [0.25, 0.3) is 0 Å². The highest BCUT2D eigenvalue weighted by Gasteiger charge is 2.48.